The van der Waals surface area contributed by atoms with Crippen molar-refractivity contribution in [3.05, 3.63) is 0 Å². The predicted octanol–water partition coefficient (Wildman–Crippen LogP) is 3.45. The Hall–Kier alpha value is -1.06. The molecule has 4 nitrogen and oxygen atoms in total. The Bertz CT molecular complexity index is 307. The van der Waals surface area contributed by atoms with Crippen LogP contribution in [0.2, 0.25) is 0 Å². The molecule has 0 aromatic carbocycles. The molecular weight excluding hydrogens is 254 g/mol. The fourth-order valence-corrected chi connectivity index (χ4v) is 3.00. The quantitative estimate of drug-likeness (QED) is 0.728. The number of carboxylic acid groups (broad SMARTS) is 1. The lowest BCUT2D eigenvalue weighted by atomic mass is 9.95. The van der Waals surface area contributed by atoms with Crippen LogP contribution in [0.25, 0.3) is 0 Å². The van der Waals surface area contributed by atoms with Crippen molar-refractivity contribution in [3.8, 4) is 0 Å². The third-order valence-corrected chi connectivity index (χ3v) is 4.17. The minimum absolute atomic E-state index is 0.139. The molecule has 0 bridgehead atoms. The number of hydrogen-bond donors (Lipinski definition) is 1. The zero-order valence-corrected chi connectivity index (χ0v) is 12.9. The molecule has 0 aliphatic heterocycles. The van der Waals surface area contributed by atoms with Gasteiger partial charge in [0.2, 0.25) is 5.91 Å². The average molecular weight is 283 g/mol. The van der Waals surface area contributed by atoms with Crippen molar-refractivity contribution in [3.63, 3.8) is 0 Å². The van der Waals surface area contributed by atoms with Crippen LogP contribution in [0.5, 0.6) is 0 Å². The first-order valence-corrected chi connectivity index (χ1v) is 8.02. The van der Waals surface area contributed by atoms with E-state index in [9.17, 15) is 9.59 Å². The summed E-state index contributed by atoms with van der Waals surface area (Å²) < 4.78 is 0. The Morgan fingerprint density at radius 1 is 1.15 bits per heavy atom. The first kappa shape index (κ1) is 17.0. The molecule has 1 rings (SSSR count). The van der Waals surface area contributed by atoms with Crippen LogP contribution >= 0.6 is 0 Å². The van der Waals surface area contributed by atoms with E-state index in [0.29, 0.717) is 25.3 Å². The van der Waals surface area contributed by atoms with Crippen LogP contribution in [0, 0.1) is 5.92 Å². The highest BCUT2D eigenvalue weighted by Crippen LogP contribution is 2.26. The molecule has 1 aliphatic carbocycles. The van der Waals surface area contributed by atoms with Gasteiger partial charge in [-0.15, -0.1) is 0 Å². The fraction of sp³-hybridized carbons (Fsp3) is 0.875. The van der Waals surface area contributed by atoms with Crippen LogP contribution in [0.3, 0.4) is 0 Å². The number of hydrogen-bond acceptors (Lipinski definition) is 2. The Balaban J connectivity index is 2.43. The number of nitrogens with zero attached hydrogens (tertiary/aromatic N) is 1. The van der Waals surface area contributed by atoms with Crippen molar-refractivity contribution in [1.82, 2.24) is 4.90 Å². The maximum atomic E-state index is 12.4. The summed E-state index contributed by atoms with van der Waals surface area (Å²) in [6, 6.07) is 0.155. The van der Waals surface area contributed by atoms with Gasteiger partial charge >= 0.3 is 5.97 Å². The van der Waals surface area contributed by atoms with E-state index in [0.717, 1.165) is 0 Å². The molecule has 0 radical (unpaired) electrons. The molecule has 116 valence electrons. The molecule has 20 heavy (non-hydrogen) atoms. The van der Waals surface area contributed by atoms with Gasteiger partial charge in [-0.05, 0) is 39.0 Å². The molecule has 0 saturated heterocycles. The number of carbonyl (C=O) groups excluding carboxylic acids is 1. The summed E-state index contributed by atoms with van der Waals surface area (Å²) in [5.41, 5.74) is 0. The maximum absolute atomic E-state index is 12.4. The fourth-order valence-electron chi connectivity index (χ4n) is 3.00. The second kappa shape index (κ2) is 8.98. The first-order chi connectivity index (χ1) is 9.50. The van der Waals surface area contributed by atoms with E-state index >= 15 is 0 Å². The molecule has 0 unspecified atom stereocenters. The Labute approximate surface area is 122 Å². The molecule has 1 saturated carbocycles. The van der Waals surface area contributed by atoms with E-state index in [2.05, 4.69) is 0 Å². The highest BCUT2D eigenvalue weighted by Gasteiger charge is 2.22. The summed E-state index contributed by atoms with van der Waals surface area (Å²) in [5.74, 6) is -0.0482. The standard InChI is InChI=1S/C16H29NO3/c1-13(2)17(11-7-10-16(19)20)15(18)12-14-8-5-3-4-6-9-14/h13-14H,3-12H2,1-2H3,(H,19,20). The highest BCUT2D eigenvalue weighted by atomic mass is 16.4. The molecule has 0 heterocycles. The summed E-state index contributed by atoms with van der Waals surface area (Å²) in [7, 11) is 0. The lowest BCUT2D eigenvalue weighted by molar-refractivity contribution is -0.139. The van der Waals surface area contributed by atoms with E-state index in [-0.39, 0.29) is 18.4 Å². The lowest BCUT2D eigenvalue weighted by Gasteiger charge is -2.28. The largest absolute Gasteiger partial charge is 0.481 e. The molecule has 0 aromatic heterocycles. The van der Waals surface area contributed by atoms with Crippen molar-refractivity contribution in [2.45, 2.75) is 77.7 Å². The van der Waals surface area contributed by atoms with Crippen LogP contribution in [0.15, 0.2) is 0 Å². The monoisotopic (exact) mass is 283 g/mol. The second-order valence-corrected chi connectivity index (χ2v) is 6.24. The van der Waals surface area contributed by atoms with E-state index in [1.54, 1.807) is 0 Å². The number of aliphatic carboxylic acids is 1. The zero-order chi connectivity index (χ0) is 15.0. The molecule has 4 heteroatoms. The third-order valence-electron chi connectivity index (χ3n) is 4.17. The van der Waals surface area contributed by atoms with E-state index in [4.69, 9.17) is 5.11 Å². The molecular formula is C16H29NO3. The SMILES string of the molecule is CC(C)N(CCCC(=O)O)C(=O)CC1CCCCCC1. The van der Waals surface area contributed by atoms with Crippen molar-refractivity contribution < 1.29 is 14.7 Å². The van der Waals surface area contributed by atoms with Crippen molar-refractivity contribution in [1.29, 1.82) is 0 Å². The van der Waals surface area contributed by atoms with Gasteiger partial charge in [-0.1, -0.05) is 25.7 Å². The van der Waals surface area contributed by atoms with Gasteiger partial charge in [-0.3, -0.25) is 9.59 Å². The number of amides is 1. The third kappa shape index (κ3) is 6.40. The zero-order valence-electron chi connectivity index (χ0n) is 12.9. The number of rotatable bonds is 7. The topological polar surface area (TPSA) is 57.6 Å². The lowest BCUT2D eigenvalue weighted by Crippen LogP contribution is -2.38. The Morgan fingerprint density at radius 2 is 1.75 bits per heavy atom. The van der Waals surface area contributed by atoms with Crippen molar-refractivity contribution in [2.75, 3.05) is 6.54 Å². The van der Waals surface area contributed by atoms with Gasteiger partial charge in [-0.25, -0.2) is 0 Å². The highest BCUT2D eigenvalue weighted by molar-refractivity contribution is 5.76. The van der Waals surface area contributed by atoms with Crippen LogP contribution in [-0.4, -0.2) is 34.5 Å². The molecule has 0 spiro atoms. The molecule has 1 amide bonds. The normalized spacial score (nSPS) is 16.9. The van der Waals surface area contributed by atoms with E-state index < -0.39 is 5.97 Å². The first-order valence-electron chi connectivity index (χ1n) is 8.02. The smallest absolute Gasteiger partial charge is 0.303 e. The van der Waals surface area contributed by atoms with Gasteiger partial charge in [0.05, 0.1) is 0 Å². The minimum Gasteiger partial charge on any atom is -0.481 e. The predicted molar refractivity (Wildman–Crippen MR) is 79.5 cm³/mol. The molecule has 0 aromatic rings. The second-order valence-electron chi connectivity index (χ2n) is 6.24. The van der Waals surface area contributed by atoms with Crippen molar-refractivity contribution >= 4 is 11.9 Å². The summed E-state index contributed by atoms with van der Waals surface area (Å²) in [5, 5.41) is 8.69. The van der Waals surface area contributed by atoms with E-state index in [1.165, 1.54) is 38.5 Å². The van der Waals surface area contributed by atoms with Gasteiger partial charge in [0, 0.05) is 25.4 Å². The van der Waals surface area contributed by atoms with Crippen LogP contribution in [-0.2, 0) is 9.59 Å². The summed E-state index contributed by atoms with van der Waals surface area (Å²) in [4.78, 5) is 24.8. The van der Waals surface area contributed by atoms with Gasteiger partial charge in [-0.2, -0.15) is 0 Å². The van der Waals surface area contributed by atoms with Crippen LogP contribution < -0.4 is 0 Å². The summed E-state index contributed by atoms with van der Waals surface area (Å²) in [6.07, 6.45) is 8.78. The van der Waals surface area contributed by atoms with Gasteiger partial charge in [0.15, 0.2) is 0 Å². The maximum Gasteiger partial charge on any atom is 0.303 e. The average Bonchev–Trinajstić information content (AvgIpc) is 2.62. The Kier molecular flexibility index (Phi) is 7.63. The summed E-state index contributed by atoms with van der Waals surface area (Å²) >= 11 is 0. The van der Waals surface area contributed by atoms with Crippen molar-refractivity contribution in [2.24, 2.45) is 5.92 Å². The molecule has 1 N–H and O–H groups in total. The minimum atomic E-state index is -0.787. The van der Waals surface area contributed by atoms with Gasteiger partial charge in [0.25, 0.3) is 0 Å². The molecule has 1 aliphatic rings. The number of carbonyl (C=O) groups is 2. The van der Waals surface area contributed by atoms with Gasteiger partial charge in [0.1, 0.15) is 0 Å². The molecule has 0 atom stereocenters. The molecule has 1 fully saturated rings. The number of carboxylic acids is 1. The van der Waals surface area contributed by atoms with Crippen LogP contribution in [0.4, 0.5) is 0 Å². The Morgan fingerprint density at radius 3 is 2.25 bits per heavy atom. The van der Waals surface area contributed by atoms with Crippen LogP contribution in [0.1, 0.15) is 71.6 Å². The van der Waals surface area contributed by atoms with Gasteiger partial charge < -0.3 is 10.0 Å². The van der Waals surface area contributed by atoms with E-state index in [1.807, 2.05) is 18.7 Å². The summed E-state index contributed by atoms with van der Waals surface area (Å²) in [6.45, 7) is 4.58.